The number of nitrogens with zero attached hydrogens (tertiary/aromatic N) is 2. The van der Waals surface area contributed by atoms with E-state index in [0.29, 0.717) is 35.9 Å². The highest BCUT2D eigenvalue weighted by atomic mass is 35.5. The van der Waals surface area contributed by atoms with Crippen LogP contribution in [0.2, 0.25) is 5.02 Å². The van der Waals surface area contributed by atoms with E-state index in [9.17, 15) is 18.3 Å². The van der Waals surface area contributed by atoms with Gasteiger partial charge >= 0.3 is 0 Å². The zero-order valence-corrected chi connectivity index (χ0v) is 19.8. The maximum atomic E-state index is 13.5. The monoisotopic (exact) mass is 480 g/mol. The largest absolute Gasteiger partial charge is 0.494 e. The van der Waals surface area contributed by atoms with E-state index in [0.717, 1.165) is 17.1 Å². The number of benzene rings is 2. The van der Waals surface area contributed by atoms with Gasteiger partial charge in [0.1, 0.15) is 12.3 Å². The molecular weight excluding hydrogens is 452 g/mol. The Kier molecular flexibility index (Phi) is 8.03. The van der Waals surface area contributed by atoms with Crippen LogP contribution >= 0.6 is 11.6 Å². The van der Waals surface area contributed by atoms with Gasteiger partial charge in [-0.3, -0.25) is 9.10 Å². The van der Waals surface area contributed by atoms with Gasteiger partial charge in [0.15, 0.2) is 0 Å². The normalized spacial score (nSPS) is 18.8. The zero-order chi connectivity index (χ0) is 23.3. The molecule has 2 atom stereocenters. The summed E-state index contributed by atoms with van der Waals surface area (Å²) >= 11 is 5.92. The van der Waals surface area contributed by atoms with E-state index in [1.807, 2.05) is 6.92 Å². The highest BCUT2D eigenvalue weighted by Gasteiger charge is 2.33. The number of ether oxygens (including phenoxy) is 1. The lowest BCUT2D eigenvalue weighted by atomic mass is 9.91. The molecule has 0 spiro atoms. The van der Waals surface area contributed by atoms with Gasteiger partial charge in [0.2, 0.25) is 5.91 Å². The first-order valence-corrected chi connectivity index (χ1v) is 12.5. The molecule has 1 amide bonds. The van der Waals surface area contributed by atoms with Crippen molar-refractivity contribution in [3.8, 4) is 5.75 Å². The second kappa shape index (κ2) is 10.6. The van der Waals surface area contributed by atoms with Crippen molar-refractivity contribution in [2.24, 2.45) is 0 Å². The topological polar surface area (TPSA) is 87.2 Å². The highest BCUT2D eigenvalue weighted by Crippen LogP contribution is 2.28. The molecule has 7 nitrogen and oxygen atoms in total. The number of hydrogen-bond acceptors (Lipinski definition) is 5. The van der Waals surface area contributed by atoms with Crippen molar-refractivity contribution >= 4 is 33.2 Å². The molecule has 1 aliphatic rings. The molecule has 1 saturated carbocycles. The Morgan fingerprint density at radius 3 is 2.31 bits per heavy atom. The summed E-state index contributed by atoms with van der Waals surface area (Å²) in [6.07, 6.45) is 2.56. The van der Waals surface area contributed by atoms with Crippen LogP contribution in [0.3, 0.4) is 0 Å². The smallest absolute Gasteiger partial charge is 0.264 e. The molecule has 1 N–H and O–H groups in total. The molecule has 2 aromatic carbocycles. The Labute approximate surface area is 194 Å². The molecule has 174 valence electrons. The molecule has 9 heteroatoms. The van der Waals surface area contributed by atoms with E-state index in [1.54, 1.807) is 31.3 Å². The summed E-state index contributed by atoms with van der Waals surface area (Å²) in [5, 5.41) is 10.7. The molecule has 1 fully saturated rings. The van der Waals surface area contributed by atoms with Crippen molar-refractivity contribution < 1.29 is 23.1 Å². The fraction of sp³-hybridized carbons (Fsp3) is 0.435. The van der Waals surface area contributed by atoms with Crippen LogP contribution in [0.5, 0.6) is 5.75 Å². The number of anilines is 1. The minimum Gasteiger partial charge on any atom is -0.494 e. The van der Waals surface area contributed by atoms with E-state index >= 15 is 0 Å². The molecule has 2 aromatic rings. The molecule has 0 radical (unpaired) electrons. The van der Waals surface area contributed by atoms with Crippen LogP contribution < -0.4 is 9.04 Å². The van der Waals surface area contributed by atoms with Crippen molar-refractivity contribution in [3.63, 3.8) is 0 Å². The van der Waals surface area contributed by atoms with Gasteiger partial charge in [-0.05, 0) is 68.3 Å². The van der Waals surface area contributed by atoms with Crippen molar-refractivity contribution in [1.82, 2.24) is 4.90 Å². The van der Waals surface area contributed by atoms with Gasteiger partial charge in [-0.1, -0.05) is 24.4 Å². The maximum Gasteiger partial charge on any atom is 0.264 e. The van der Waals surface area contributed by atoms with Gasteiger partial charge in [0.25, 0.3) is 10.0 Å². The third kappa shape index (κ3) is 5.54. The number of carbonyl (C=O) groups is 1. The third-order valence-electron chi connectivity index (χ3n) is 5.70. The average molecular weight is 481 g/mol. The Balaban J connectivity index is 1.92. The van der Waals surface area contributed by atoms with Crippen molar-refractivity contribution in [2.75, 3.05) is 24.5 Å². The summed E-state index contributed by atoms with van der Waals surface area (Å²) in [5.41, 5.74) is 0.342. The summed E-state index contributed by atoms with van der Waals surface area (Å²) < 4.78 is 33.5. The van der Waals surface area contributed by atoms with E-state index in [2.05, 4.69) is 0 Å². The van der Waals surface area contributed by atoms with Crippen LogP contribution in [0, 0.1) is 0 Å². The fourth-order valence-electron chi connectivity index (χ4n) is 3.89. The lowest BCUT2D eigenvalue weighted by molar-refractivity contribution is -0.133. The molecule has 0 aliphatic heterocycles. The molecule has 1 aliphatic carbocycles. The Morgan fingerprint density at radius 1 is 1.09 bits per heavy atom. The van der Waals surface area contributed by atoms with E-state index in [4.69, 9.17) is 16.3 Å². The molecule has 0 saturated heterocycles. The summed E-state index contributed by atoms with van der Waals surface area (Å²) in [7, 11) is -2.43. The molecule has 3 rings (SSSR count). The summed E-state index contributed by atoms with van der Waals surface area (Å²) in [4.78, 5) is 14.6. The first-order chi connectivity index (χ1) is 15.2. The first-order valence-electron chi connectivity index (χ1n) is 10.7. The predicted molar refractivity (Wildman–Crippen MR) is 125 cm³/mol. The number of sulfonamides is 1. The maximum absolute atomic E-state index is 13.5. The molecule has 32 heavy (non-hydrogen) atoms. The van der Waals surface area contributed by atoms with Crippen LogP contribution in [-0.2, 0) is 14.8 Å². The standard InChI is InChI=1S/C23H29ClN2O5S/c1-3-31-19-12-10-18(11-13-19)26(32(29,30)20-14-8-17(24)9-15-20)16-23(28)25(2)21-6-4-5-7-22(21)27/h8-15,21-22,27H,3-7,16H2,1-2H3. The quantitative estimate of drug-likeness (QED) is 0.622. The summed E-state index contributed by atoms with van der Waals surface area (Å²) in [6.45, 7) is 1.96. The third-order valence-corrected chi connectivity index (χ3v) is 7.74. The second-order valence-corrected chi connectivity index (χ2v) is 10.1. The van der Waals surface area contributed by atoms with Crippen LogP contribution in [-0.4, -0.2) is 56.7 Å². The van der Waals surface area contributed by atoms with Crippen LogP contribution in [0.1, 0.15) is 32.6 Å². The van der Waals surface area contributed by atoms with Crippen molar-refractivity contribution in [3.05, 3.63) is 53.6 Å². The number of amides is 1. The number of hydrogen-bond donors (Lipinski definition) is 1. The second-order valence-electron chi connectivity index (χ2n) is 7.82. The van der Waals surface area contributed by atoms with Crippen molar-refractivity contribution in [1.29, 1.82) is 0 Å². The molecule has 0 heterocycles. The van der Waals surface area contributed by atoms with Crippen LogP contribution in [0.4, 0.5) is 5.69 Å². The van der Waals surface area contributed by atoms with Gasteiger partial charge in [-0.2, -0.15) is 0 Å². The zero-order valence-electron chi connectivity index (χ0n) is 18.3. The van der Waals surface area contributed by atoms with Crippen LogP contribution in [0.25, 0.3) is 0 Å². The minimum atomic E-state index is -4.04. The molecule has 2 unspecified atom stereocenters. The Hall–Kier alpha value is -2.29. The summed E-state index contributed by atoms with van der Waals surface area (Å²) in [6, 6.07) is 12.1. The predicted octanol–water partition coefficient (Wildman–Crippen LogP) is 3.70. The number of rotatable bonds is 8. The molecule has 0 aromatic heterocycles. The van der Waals surface area contributed by atoms with Crippen LogP contribution in [0.15, 0.2) is 53.4 Å². The summed E-state index contributed by atoms with van der Waals surface area (Å²) in [5.74, 6) is 0.219. The number of halogens is 1. The van der Waals surface area contributed by atoms with Gasteiger partial charge in [0, 0.05) is 12.1 Å². The highest BCUT2D eigenvalue weighted by molar-refractivity contribution is 7.92. The van der Waals surface area contributed by atoms with Gasteiger partial charge in [0.05, 0.1) is 29.3 Å². The van der Waals surface area contributed by atoms with Gasteiger partial charge in [-0.15, -0.1) is 0 Å². The van der Waals surface area contributed by atoms with Gasteiger partial charge < -0.3 is 14.7 Å². The number of aliphatic hydroxyl groups is 1. The van der Waals surface area contributed by atoms with E-state index < -0.39 is 22.7 Å². The first kappa shape index (κ1) is 24.4. The number of aliphatic hydroxyl groups excluding tert-OH is 1. The van der Waals surface area contributed by atoms with Crippen molar-refractivity contribution in [2.45, 2.75) is 49.6 Å². The molecule has 0 bridgehead atoms. The molecular formula is C23H29ClN2O5S. The SMILES string of the molecule is CCOc1ccc(N(CC(=O)N(C)C2CCCCC2O)S(=O)(=O)c2ccc(Cl)cc2)cc1. The lowest BCUT2D eigenvalue weighted by Crippen LogP contribution is -2.50. The van der Waals surface area contributed by atoms with E-state index in [-0.39, 0.29) is 16.8 Å². The number of carbonyl (C=O) groups excluding carboxylic acids is 1. The van der Waals surface area contributed by atoms with E-state index in [1.165, 1.54) is 29.2 Å². The van der Waals surface area contributed by atoms with Gasteiger partial charge in [-0.25, -0.2) is 8.42 Å². The minimum absolute atomic E-state index is 0.0314. The lowest BCUT2D eigenvalue weighted by Gasteiger charge is -2.36. The number of likely N-dealkylation sites (N-methyl/N-ethyl adjacent to an activating group) is 1. The Bertz CT molecular complexity index is 1010. The fourth-order valence-corrected chi connectivity index (χ4v) is 5.43. The Morgan fingerprint density at radius 2 is 1.72 bits per heavy atom. The average Bonchev–Trinajstić information content (AvgIpc) is 2.78.